The fraction of sp³-hybridized carbons (Fsp3) is 0.250. The summed E-state index contributed by atoms with van der Waals surface area (Å²) in [6, 6.07) is 18.6. The number of anilines is 2. The standard InChI is InChI=1S/C24H25N3O3/c1-27(19-6-3-2-4-7-19)23(28)16-17-10-12-18(13-11-17)25-24(29)26-21-8-5-9-22-20(21)14-15-30-22/h2-4,6-7,10-15,21H,5,8-9,16H2,1H3,(H2,25,26,29). The molecular weight excluding hydrogens is 378 g/mol. The first-order valence-corrected chi connectivity index (χ1v) is 10.1. The highest BCUT2D eigenvalue weighted by Crippen LogP contribution is 2.30. The average Bonchev–Trinajstić information content (AvgIpc) is 3.25. The summed E-state index contributed by atoms with van der Waals surface area (Å²) in [6.07, 6.45) is 4.78. The molecule has 0 saturated carbocycles. The molecule has 1 aliphatic rings. The maximum Gasteiger partial charge on any atom is 0.319 e. The van der Waals surface area contributed by atoms with Gasteiger partial charge in [-0.25, -0.2) is 4.79 Å². The van der Waals surface area contributed by atoms with Gasteiger partial charge >= 0.3 is 6.03 Å². The van der Waals surface area contributed by atoms with Crippen LogP contribution in [-0.2, 0) is 17.6 Å². The van der Waals surface area contributed by atoms with E-state index in [-0.39, 0.29) is 18.0 Å². The first-order valence-electron chi connectivity index (χ1n) is 10.1. The molecule has 1 aromatic heterocycles. The predicted molar refractivity (Wildman–Crippen MR) is 117 cm³/mol. The molecule has 3 aromatic rings. The lowest BCUT2D eigenvalue weighted by Gasteiger charge is -2.23. The summed E-state index contributed by atoms with van der Waals surface area (Å²) < 4.78 is 5.47. The molecule has 6 heteroatoms. The molecule has 1 unspecified atom stereocenters. The smallest absolute Gasteiger partial charge is 0.319 e. The third-order valence-corrected chi connectivity index (χ3v) is 5.44. The number of hydrogen-bond acceptors (Lipinski definition) is 3. The molecule has 0 radical (unpaired) electrons. The van der Waals surface area contributed by atoms with Crippen LogP contribution in [0.25, 0.3) is 0 Å². The molecule has 30 heavy (non-hydrogen) atoms. The van der Waals surface area contributed by atoms with Crippen LogP contribution in [0, 0.1) is 0 Å². The van der Waals surface area contributed by atoms with Gasteiger partial charge in [0.2, 0.25) is 5.91 Å². The highest BCUT2D eigenvalue weighted by atomic mass is 16.3. The fourth-order valence-electron chi connectivity index (χ4n) is 3.76. The third kappa shape index (κ3) is 4.54. The number of likely N-dealkylation sites (N-methyl/N-ethyl adjacent to an activating group) is 1. The number of furan rings is 1. The van der Waals surface area contributed by atoms with Crippen LogP contribution in [0.4, 0.5) is 16.2 Å². The highest BCUT2D eigenvalue weighted by molar-refractivity contribution is 5.94. The van der Waals surface area contributed by atoms with Crippen LogP contribution < -0.4 is 15.5 Å². The summed E-state index contributed by atoms with van der Waals surface area (Å²) in [7, 11) is 1.77. The number of fused-ring (bicyclic) bond motifs is 1. The molecule has 1 atom stereocenters. The monoisotopic (exact) mass is 403 g/mol. The average molecular weight is 403 g/mol. The van der Waals surface area contributed by atoms with Gasteiger partial charge in [-0.2, -0.15) is 0 Å². The molecule has 0 saturated heterocycles. The van der Waals surface area contributed by atoms with Gasteiger partial charge in [-0.1, -0.05) is 30.3 Å². The molecule has 3 amide bonds. The van der Waals surface area contributed by atoms with Gasteiger partial charge in [-0.3, -0.25) is 4.79 Å². The number of urea groups is 1. The van der Waals surface area contributed by atoms with Crippen LogP contribution in [0.5, 0.6) is 0 Å². The van der Waals surface area contributed by atoms with E-state index in [9.17, 15) is 9.59 Å². The SMILES string of the molecule is CN(C(=O)Cc1ccc(NC(=O)NC2CCCc3occc32)cc1)c1ccccc1. The summed E-state index contributed by atoms with van der Waals surface area (Å²) in [4.78, 5) is 26.6. The summed E-state index contributed by atoms with van der Waals surface area (Å²) in [5.41, 5.74) is 3.50. The van der Waals surface area contributed by atoms with E-state index in [4.69, 9.17) is 4.42 Å². The van der Waals surface area contributed by atoms with Crippen molar-refractivity contribution in [3.05, 3.63) is 83.8 Å². The predicted octanol–water partition coefficient (Wildman–Crippen LogP) is 4.68. The van der Waals surface area contributed by atoms with Gasteiger partial charge in [0.25, 0.3) is 0 Å². The van der Waals surface area contributed by atoms with E-state index >= 15 is 0 Å². The number of benzene rings is 2. The van der Waals surface area contributed by atoms with E-state index in [2.05, 4.69) is 10.6 Å². The molecule has 0 aliphatic heterocycles. The van der Waals surface area contributed by atoms with Crippen molar-refractivity contribution in [3.8, 4) is 0 Å². The van der Waals surface area contributed by atoms with Gasteiger partial charge in [0.05, 0.1) is 18.7 Å². The van der Waals surface area contributed by atoms with Crippen LogP contribution in [0.2, 0.25) is 0 Å². The normalized spacial score (nSPS) is 15.2. The number of hydrogen-bond donors (Lipinski definition) is 2. The number of carbonyl (C=O) groups is 2. The molecule has 154 valence electrons. The van der Waals surface area contributed by atoms with Gasteiger partial charge < -0.3 is 20.0 Å². The van der Waals surface area contributed by atoms with Crippen molar-refractivity contribution in [1.29, 1.82) is 0 Å². The van der Waals surface area contributed by atoms with Crippen molar-refractivity contribution in [2.45, 2.75) is 31.7 Å². The largest absolute Gasteiger partial charge is 0.469 e. The minimum absolute atomic E-state index is 0.00728. The number of nitrogens with zero attached hydrogens (tertiary/aromatic N) is 1. The van der Waals surface area contributed by atoms with E-state index in [1.165, 1.54) is 0 Å². The Balaban J connectivity index is 1.32. The van der Waals surface area contributed by atoms with E-state index in [0.717, 1.165) is 41.8 Å². The Morgan fingerprint density at radius 3 is 2.60 bits per heavy atom. The van der Waals surface area contributed by atoms with E-state index in [1.807, 2.05) is 60.7 Å². The van der Waals surface area contributed by atoms with E-state index in [0.29, 0.717) is 12.1 Å². The Morgan fingerprint density at radius 1 is 1.07 bits per heavy atom. The Morgan fingerprint density at radius 2 is 1.83 bits per heavy atom. The van der Waals surface area contributed by atoms with Crippen LogP contribution >= 0.6 is 0 Å². The molecule has 2 aromatic carbocycles. The van der Waals surface area contributed by atoms with Crippen LogP contribution in [-0.4, -0.2) is 19.0 Å². The molecule has 6 nitrogen and oxygen atoms in total. The Labute approximate surface area is 175 Å². The topological polar surface area (TPSA) is 74.6 Å². The first-order chi connectivity index (χ1) is 14.6. The van der Waals surface area contributed by atoms with Gasteiger partial charge in [0.15, 0.2) is 0 Å². The van der Waals surface area contributed by atoms with Gasteiger partial charge in [0, 0.05) is 30.4 Å². The number of carbonyl (C=O) groups excluding carboxylic acids is 2. The van der Waals surface area contributed by atoms with Crippen molar-refractivity contribution in [3.63, 3.8) is 0 Å². The molecule has 0 fully saturated rings. The lowest BCUT2D eigenvalue weighted by Crippen LogP contribution is -2.34. The van der Waals surface area contributed by atoms with E-state index < -0.39 is 0 Å². The maximum absolute atomic E-state index is 12.5. The third-order valence-electron chi connectivity index (χ3n) is 5.44. The summed E-state index contributed by atoms with van der Waals surface area (Å²) >= 11 is 0. The number of nitrogens with one attached hydrogen (secondary N) is 2. The second-order valence-electron chi connectivity index (χ2n) is 7.50. The van der Waals surface area contributed by atoms with Crippen LogP contribution in [0.1, 0.15) is 35.8 Å². The minimum atomic E-state index is -0.248. The Bertz CT molecular complexity index is 1010. The quantitative estimate of drug-likeness (QED) is 0.649. The molecule has 4 rings (SSSR count). The van der Waals surface area contributed by atoms with Crippen LogP contribution in [0.15, 0.2) is 71.3 Å². The zero-order valence-corrected chi connectivity index (χ0v) is 16.9. The van der Waals surface area contributed by atoms with Crippen LogP contribution in [0.3, 0.4) is 0 Å². The van der Waals surface area contributed by atoms with Crippen molar-refractivity contribution >= 4 is 23.3 Å². The lowest BCUT2D eigenvalue weighted by atomic mass is 9.93. The molecule has 0 spiro atoms. The van der Waals surface area contributed by atoms with Gasteiger partial charge in [-0.05, 0) is 48.7 Å². The van der Waals surface area contributed by atoms with Gasteiger partial charge in [-0.15, -0.1) is 0 Å². The van der Waals surface area contributed by atoms with E-state index in [1.54, 1.807) is 18.2 Å². The fourth-order valence-corrected chi connectivity index (χ4v) is 3.76. The molecule has 2 N–H and O–H groups in total. The summed E-state index contributed by atoms with van der Waals surface area (Å²) in [6.45, 7) is 0. The minimum Gasteiger partial charge on any atom is -0.469 e. The molecule has 1 aliphatic carbocycles. The Kier molecular flexibility index (Phi) is 5.84. The second-order valence-corrected chi connectivity index (χ2v) is 7.50. The molecular formula is C24H25N3O3. The lowest BCUT2D eigenvalue weighted by molar-refractivity contribution is -0.117. The second kappa shape index (κ2) is 8.86. The number of rotatable bonds is 5. The molecule has 0 bridgehead atoms. The van der Waals surface area contributed by atoms with Crippen molar-refractivity contribution < 1.29 is 14.0 Å². The summed E-state index contributed by atoms with van der Waals surface area (Å²) in [5.74, 6) is 0.967. The first kappa shape index (κ1) is 19.8. The molecule has 1 heterocycles. The maximum atomic E-state index is 12.5. The summed E-state index contributed by atoms with van der Waals surface area (Å²) in [5, 5.41) is 5.88. The number of aryl methyl sites for hydroxylation is 1. The zero-order valence-electron chi connectivity index (χ0n) is 16.9. The van der Waals surface area contributed by atoms with Crippen molar-refractivity contribution in [2.75, 3.05) is 17.3 Å². The number of para-hydroxylation sites is 1. The Hall–Kier alpha value is -3.54. The highest BCUT2D eigenvalue weighted by Gasteiger charge is 2.24. The van der Waals surface area contributed by atoms with Crippen molar-refractivity contribution in [2.24, 2.45) is 0 Å². The zero-order chi connectivity index (χ0) is 20.9. The number of amides is 3. The van der Waals surface area contributed by atoms with Gasteiger partial charge in [0.1, 0.15) is 5.76 Å². The van der Waals surface area contributed by atoms with Crippen molar-refractivity contribution in [1.82, 2.24) is 5.32 Å².